The average molecular weight is 321 g/mol. The lowest BCUT2D eigenvalue weighted by Gasteiger charge is -2.16. The molecule has 1 fully saturated rings. The molecular formula is C9H12IN3O2. The minimum Gasteiger partial charge on any atom is -0.389 e. The van der Waals surface area contributed by atoms with E-state index in [2.05, 4.69) is 32.6 Å². The van der Waals surface area contributed by atoms with Gasteiger partial charge in [-0.1, -0.05) is 0 Å². The van der Waals surface area contributed by atoms with Crippen molar-refractivity contribution in [3.8, 4) is 0 Å². The lowest BCUT2D eigenvalue weighted by molar-refractivity contribution is 0.0572. The summed E-state index contributed by atoms with van der Waals surface area (Å²) in [6.07, 6.45) is -1.36. The molecule has 0 spiro atoms. The Labute approximate surface area is 101 Å². The van der Waals surface area contributed by atoms with E-state index in [0.717, 1.165) is 9.52 Å². The molecule has 2 atom stereocenters. The number of aromatic nitrogens is 2. The molecule has 1 aromatic rings. The standard InChI is InChI=1S/C9H12IN3O2/c1-5-11-8(10)2-9(12-5)13-3-6(14)7(15)4-13/h2,6-7,14-15H,3-4H2,1H3/t6-,7+. The van der Waals surface area contributed by atoms with E-state index in [-0.39, 0.29) is 0 Å². The van der Waals surface area contributed by atoms with Crippen molar-refractivity contribution in [3.63, 3.8) is 0 Å². The number of anilines is 1. The molecule has 0 bridgehead atoms. The largest absolute Gasteiger partial charge is 0.389 e. The van der Waals surface area contributed by atoms with Gasteiger partial charge in [0.25, 0.3) is 0 Å². The molecule has 0 aliphatic carbocycles. The molecule has 0 saturated carbocycles. The summed E-state index contributed by atoms with van der Waals surface area (Å²) >= 11 is 2.13. The molecule has 1 aromatic heterocycles. The van der Waals surface area contributed by atoms with E-state index >= 15 is 0 Å². The van der Waals surface area contributed by atoms with Crippen molar-refractivity contribution in [2.75, 3.05) is 18.0 Å². The van der Waals surface area contributed by atoms with Crippen LogP contribution in [0.4, 0.5) is 5.82 Å². The second-order valence-corrected chi connectivity index (χ2v) is 4.74. The predicted octanol–water partition coefficient (Wildman–Crippen LogP) is -0.0686. The van der Waals surface area contributed by atoms with Crippen molar-refractivity contribution < 1.29 is 10.2 Å². The number of aliphatic hydroxyl groups excluding tert-OH is 2. The van der Waals surface area contributed by atoms with Gasteiger partial charge in [0.1, 0.15) is 15.3 Å². The van der Waals surface area contributed by atoms with Crippen molar-refractivity contribution >= 4 is 28.4 Å². The quantitative estimate of drug-likeness (QED) is 0.560. The summed E-state index contributed by atoms with van der Waals surface area (Å²) in [6.45, 7) is 2.68. The number of aliphatic hydroxyl groups is 2. The number of β-amino-alcohol motifs (C(OH)–C–C–N with tert-alkyl or cyclic N) is 2. The van der Waals surface area contributed by atoms with Gasteiger partial charge in [-0.25, -0.2) is 9.97 Å². The molecule has 6 heteroatoms. The van der Waals surface area contributed by atoms with Crippen LogP contribution in [0.2, 0.25) is 0 Å². The maximum absolute atomic E-state index is 9.43. The normalized spacial score (nSPS) is 26.0. The van der Waals surface area contributed by atoms with E-state index in [0.29, 0.717) is 18.9 Å². The van der Waals surface area contributed by atoms with Gasteiger partial charge in [0, 0.05) is 19.2 Å². The highest BCUT2D eigenvalue weighted by Crippen LogP contribution is 2.19. The molecule has 1 aliphatic rings. The lowest BCUT2D eigenvalue weighted by Crippen LogP contribution is -2.22. The zero-order valence-corrected chi connectivity index (χ0v) is 10.4. The number of hydrogen-bond donors (Lipinski definition) is 2. The Bertz CT molecular complexity index is 344. The second kappa shape index (κ2) is 4.18. The zero-order valence-electron chi connectivity index (χ0n) is 8.26. The number of rotatable bonds is 1. The van der Waals surface area contributed by atoms with Gasteiger partial charge in [0.15, 0.2) is 0 Å². The molecule has 0 unspecified atom stereocenters. The molecule has 82 valence electrons. The highest BCUT2D eigenvalue weighted by atomic mass is 127. The Morgan fingerprint density at radius 1 is 1.33 bits per heavy atom. The Morgan fingerprint density at radius 2 is 1.93 bits per heavy atom. The fourth-order valence-electron chi connectivity index (χ4n) is 1.63. The summed E-state index contributed by atoms with van der Waals surface area (Å²) in [5.74, 6) is 1.47. The highest BCUT2D eigenvalue weighted by Gasteiger charge is 2.30. The molecule has 0 radical (unpaired) electrons. The Kier molecular flexibility index (Phi) is 3.08. The number of nitrogens with zero attached hydrogens (tertiary/aromatic N) is 3. The van der Waals surface area contributed by atoms with Crippen LogP contribution in [0.15, 0.2) is 6.07 Å². The van der Waals surface area contributed by atoms with Crippen molar-refractivity contribution in [3.05, 3.63) is 15.6 Å². The minimum atomic E-state index is -0.682. The SMILES string of the molecule is Cc1nc(I)cc(N2C[C@@H](O)[C@@H](O)C2)n1. The topological polar surface area (TPSA) is 69.5 Å². The summed E-state index contributed by atoms with van der Waals surface area (Å²) in [5.41, 5.74) is 0. The molecule has 2 rings (SSSR count). The molecule has 2 N–H and O–H groups in total. The minimum absolute atomic E-state index is 0.424. The van der Waals surface area contributed by atoms with Crippen LogP contribution in [0.25, 0.3) is 0 Å². The van der Waals surface area contributed by atoms with Gasteiger partial charge in [-0.2, -0.15) is 0 Å². The first-order valence-electron chi connectivity index (χ1n) is 4.68. The molecule has 5 nitrogen and oxygen atoms in total. The molecule has 0 amide bonds. The van der Waals surface area contributed by atoms with Gasteiger partial charge in [0.05, 0.1) is 12.2 Å². The van der Waals surface area contributed by atoms with Gasteiger partial charge in [-0.05, 0) is 29.5 Å². The lowest BCUT2D eigenvalue weighted by atomic mass is 10.3. The first-order valence-corrected chi connectivity index (χ1v) is 5.76. The summed E-state index contributed by atoms with van der Waals surface area (Å²) in [5, 5.41) is 18.9. The van der Waals surface area contributed by atoms with Crippen LogP contribution in [0.1, 0.15) is 5.82 Å². The molecule has 1 aliphatic heterocycles. The van der Waals surface area contributed by atoms with Gasteiger partial charge in [-0.3, -0.25) is 0 Å². The molecule has 2 heterocycles. The van der Waals surface area contributed by atoms with Crippen LogP contribution in [-0.4, -0.2) is 45.5 Å². The average Bonchev–Trinajstić information content (AvgIpc) is 2.45. The maximum Gasteiger partial charge on any atom is 0.133 e. The monoisotopic (exact) mass is 321 g/mol. The summed E-state index contributed by atoms with van der Waals surface area (Å²) < 4.78 is 0.867. The molecule has 1 saturated heterocycles. The summed E-state index contributed by atoms with van der Waals surface area (Å²) in [7, 11) is 0. The second-order valence-electron chi connectivity index (χ2n) is 3.64. The Morgan fingerprint density at radius 3 is 2.47 bits per heavy atom. The number of aryl methyl sites for hydroxylation is 1. The van der Waals surface area contributed by atoms with Crippen LogP contribution in [0, 0.1) is 10.6 Å². The van der Waals surface area contributed by atoms with Crippen molar-refractivity contribution in [2.24, 2.45) is 0 Å². The zero-order chi connectivity index (χ0) is 11.0. The van der Waals surface area contributed by atoms with Crippen molar-refractivity contribution in [1.29, 1.82) is 0 Å². The van der Waals surface area contributed by atoms with Gasteiger partial charge < -0.3 is 15.1 Å². The van der Waals surface area contributed by atoms with Crippen LogP contribution in [0.5, 0.6) is 0 Å². The predicted molar refractivity (Wildman–Crippen MR) is 63.7 cm³/mol. The number of halogens is 1. The van der Waals surface area contributed by atoms with E-state index in [1.807, 2.05) is 17.9 Å². The number of hydrogen-bond acceptors (Lipinski definition) is 5. The molecular weight excluding hydrogens is 309 g/mol. The van der Waals surface area contributed by atoms with Crippen molar-refractivity contribution in [2.45, 2.75) is 19.1 Å². The van der Waals surface area contributed by atoms with Crippen molar-refractivity contribution in [1.82, 2.24) is 9.97 Å². The molecule has 0 aromatic carbocycles. The third-order valence-electron chi connectivity index (χ3n) is 2.38. The van der Waals surface area contributed by atoms with E-state index in [1.165, 1.54) is 0 Å². The fourth-order valence-corrected chi connectivity index (χ4v) is 2.26. The summed E-state index contributed by atoms with van der Waals surface area (Å²) in [6, 6.07) is 1.85. The van der Waals surface area contributed by atoms with E-state index < -0.39 is 12.2 Å². The Hall–Kier alpha value is -0.470. The maximum atomic E-state index is 9.43. The van der Waals surface area contributed by atoms with Gasteiger partial charge in [0.2, 0.25) is 0 Å². The van der Waals surface area contributed by atoms with E-state index in [4.69, 9.17) is 0 Å². The van der Waals surface area contributed by atoms with Gasteiger partial charge >= 0.3 is 0 Å². The Balaban J connectivity index is 2.23. The van der Waals surface area contributed by atoms with Crippen LogP contribution < -0.4 is 4.90 Å². The van der Waals surface area contributed by atoms with Crippen LogP contribution in [0.3, 0.4) is 0 Å². The van der Waals surface area contributed by atoms with Crippen LogP contribution in [-0.2, 0) is 0 Å². The van der Waals surface area contributed by atoms with Crippen LogP contribution >= 0.6 is 22.6 Å². The molecule has 15 heavy (non-hydrogen) atoms. The van der Waals surface area contributed by atoms with E-state index in [9.17, 15) is 10.2 Å². The third-order valence-corrected chi connectivity index (χ3v) is 2.93. The third kappa shape index (κ3) is 2.37. The smallest absolute Gasteiger partial charge is 0.133 e. The van der Waals surface area contributed by atoms with Gasteiger partial charge in [-0.15, -0.1) is 0 Å². The van der Waals surface area contributed by atoms with E-state index in [1.54, 1.807) is 0 Å². The fraction of sp³-hybridized carbons (Fsp3) is 0.556. The first-order chi connectivity index (χ1) is 7.06. The highest BCUT2D eigenvalue weighted by molar-refractivity contribution is 14.1. The summed E-state index contributed by atoms with van der Waals surface area (Å²) in [4.78, 5) is 10.3. The first kappa shape index (κ1) is 11.0.